The molecule has 4 nitrogen and oxygen atoms in total. The number of nitrogen functional groups attached to an aromatic ring is 1. The molecule has 1 unspecified atom stereocenters. The van der Waals surface area contributed by atoms with E-state index in [1.54, 1.807) is 13.8 Å². The first-order valence-corrected chi connectivity index (χ1v) is 5.49. The Morgan fingerprint density at radius 2 is 2.06 bits per heavy atom. The van der Waals surface area contributed by atoms with Crippen molar-refractivity contribution in [1.82, 2.24) is 0 Å². The third kappa shape index (κ3) is 3.66. The van der Waals surface area contributed by atoms with Crippen molar-refractivity contribution in [2.75, 3.05) is 18.9 Å². The summed E-state index contributed by atoms with van der Waals surface area (Å²) >= 11 is 0. The van der Waals surface area contributed by atoms with Crippen molar-refractivity contribution in [1.29, 1.82) is 0 Å². The fraction of sp³-hybridized carbons (Fsp3) is 0.417. The Morgan fingerprint density at radius 1 is 1.39 bits per heavy atom. The van der Waals surface area contributed by atoms with Crippen molar-refractivity contribution >= 4 is 11.7 Å². The number of benzene rings is 1. The Morgan fingerprint density at radius 3 is 2.67 bits per heavy atom. The van der Waals surface area contributed by atoms with Crippen LogP contribution < -0.4 is 5.73 Å². The van der Waals surface area contributed by atoms with Gasteiger partial charge in [0.2, 0.25) is 0 Å². The molecule has 0 bridgehead atoms. The number of nitrogens with two attached hydrogens (primary N) is 1. The predicted molar refractivity (Wildman–Crippen MR) is 62.1 cm³/mol. The molecule has 1 aromatic carbocycles. The summed E-state index contributed by atoms with van der Waals surface area (Å²) < 4.78 is 36.3. The van der Waals surface area contributed by atoms with Crippen molar-refractivity contribution in [3.63, 3.8) is 0 Å². The number of carbonyl (C=O) groups excluding carboxylic acids is 1. The van der Waals surface area contributed by atoms with Gasteiger partial charge in [0.1, 0.15) is 17.7 Å². The van der Waals surface area contributed by atoms with Crippen LogP contribution in [-0.4, -0.2) is 25.3 Å². The highest BCUT2D eigenvalue weighted by Crippen LogP contribution is 2.18. The Balaban J connectivity index is 2.75. The molecule has 0 heterocycles. The maximum absolute atomic E-state index is 13.4. The maximum Gasteiger partial charge on any atom is 0.341 e. The molecule has 0 aliphatic rings. The molecule has 1 atom stereocenters. The highest BCUT2D eigenvalue weighted by Gasteiger charge is 2.18. The molecule has 0 aliphatic carbocycles. The van der Waals surface area contributed by atoms with Gasteiger partial charge in [-0.3, -0.25) is 0 Å². The van der Waals surface area contributed by atoms with Gasteiger partial charge in [-0.25, -0.2) is 13.6 Å². The second-order valence-electron chi connectivity index (χ2n) is 3.73. The van der Waals surface area contributed by atoms with E-state index in [0.717, 1.165) is 6.07 Å². The van der Waals surface area contributed by atoms with Gasteiger partial charge in [-0.05, 0) is 19.9 Å². The van der Waals surface area contributed by atoms with E-state index in [9.17, 15) is 13.6 Å². The quantitative estimate of drug-likeness (QED) is 0.650. The van der Waals surface area contributed by atoms with Crippen LogP contribution in [0.15, 0.2) is 12.1 Å². The van der Waals surface area contributed by atoms with Gasteiger partial charge in [-0.2, -0.15) is 0 Å². The van der Waals surface area contributed by atoms with Crippen molar-refractivity contribution in [3.8, 4) is 0 Å². The number of rotatable bonds is 5. The molecule has 100 valence electrons. The molecule has 2 N–H and O–H groups in total. The average molecular weight is 259 g/mol. The molecule has 0 saturated carbocycles. The second-order valence-corrected chi connectivity index (χ2v) is 3.73. The molecular weight excluding hydrogens is 244 g/mol. The van der Waals surface area contributed by atoms with Crippen molar-refractivity contribution in [3.05, 3.63) is 29.3 Å². The minimum atomic E-state index is -1.00. The number of anilines is 1. The van der Waals surface area contributed by atoms with Crippen LogP contribution in [-0.2, 0) is 9.47 Å². The molecule has 0 spiro atoms. The van der Waals surface area contributed by atoms with Gasteiger partial charge in [0.05, 0.1) is 17.9 Å². The summed E-state index contributed by atoms with van der Waals surface area (Å²) in [6.07, 6.45) is -0.525. The number of hydrogen-bond acceptors (Lipinski definition) is 4. The Kier molecular flexibility index (Phi) is 5.03. The fourth-order valence-electron chi connectivity index (χ4n) is 1.29. The molecule has 0 aromatic heterocycles. The van der Waals surface area contributed by atoms with E-state index in [0.29, 0.717) is 12.7 Å². The standard InChI is InChI=1S/C12H15F2NO3/c1-3-17-6-7(2)18-12(16)8-4-11(15)10(14)5-9(8)13/h4-5,7H,3,6,15H2,1-2H3. The lowest BCUT2D eigenvalue weighted by atomic mass is 10.2. The van der Waals surface area contributed by atoms with Crippen molar-refractivity contribution in [2.45, 2.75) is 20.0 Å². The highest BCUT2D eigenvalue weighted by atomic mass is 19.1. The van der Waals surface area contributed by atoms with Gasteiger partial charge in [0.25, 0.3) is 0 Å². The second kappa shape index (κ2) is 6.30. The topological polar surface area (TPSA) is 61.5 Å². The van der Waals surface area contributed by atoms with Gasteiger partial charge in [0, 0.05) is 12.7 Å². The van der Waals surface area contributed by atoms with Gasteiger partial charge in [-0.15, -0.1) is 0 Å². The SMILES string of the molecule is CCOCC(C)OC(=O)c1cc(N)c(F)cc1F. The van der Waals surface area contributed by atoms with Crippen molar-refractivity contribution in [2.24, 2.45) is 0 Å². The number of ether oxygens (including phenoxy) is 2. The van der Waals surface area contributed by atoms with Gasteiger partial charge in [-0.1, -0.05) is 0 Å². The highest BCUT2D eigenvalue weighted by molar-refractivity contribution is 5.90. The summed E-state index contributed by atoms with van der Waals surface area (Å²) in [5, 5.41) is 0. The maximum atomic E-state index is 13.4. The summed E-state index contributed by atoms with van der Waals surface area (Å²) in [6.45, 7) is 4.10. The lowest BCUT2D eigenvalue weighted by Crippen LogP contribution is -2.21. The Hall–Kier alpha value is -1.69. The predicted octanol–water partition coefficient (Wildman–Crippen LogP) is 2.13. The molecule has 6 heteroatoms. The molecule has 0 aliphatic heterocycles. The third-order valence-corrected chi connectivity index (χ3v) is 2.17. The van der Waals surface area contributed by atoms with Crippen LogP contribution in [0.2, 0.25) is 0 Å². The van der Waals surface area contributed by atoms with Gasteiger partial charge < -0.3 is 15.2 Å². The molecule has 1 rings (SSSR count). The number of hydrogen-bond donors (Lipinski definition) is 1. The lowest BCUT2D eigenvalue weighted by Gasteiger charge is -2.13. The first-order chi connectivity index (χ1) is 8.45. The van der Waals surface area contributed by atoms with Gasteiger partial charge in [0.15, 0.2) is 0 Å². The van der Waals surface area contributed by atoms with E-state index in [1.807, 2.05) is 0 Å². The van der Waals surface area contributed by atoms with Crippen LogP contribution in [0.1, 0.15) is 24.2 Å². The largest absolute Gasteiger partial charge is 0.457 e. The normalized spacial score (nSPS) is 12.2. The Labute approximate surface area is 104 Å². The van der Waals surface area contributed by atoms with Crippen LogP contribution in [0.5, 0.6) is 0 Å². The van der Waals surface area contributed by atoms with Crippen LogP contribution in [0, 0.1) is 11.6 Å². The molecule has 0 fully saturated rings. The zero-order valence-electron chi connectivity index (χ0n) is 10.2. The van der Waals surface area contributed by atoms with E-state index in [2.05, 4.69) is 0 Å². The van der Waals surface area contributed by atoms with Gasteiger partial charge >= 0.3 is 5.97 Å². The summed E-state index contributed by atoms with van der Waals surface area (Å²) in [5.41, 5.74) is 4.57. The van der Waals surface area contributed by atoms with Crippen LogP contribution >= 0.6 is 0 Å². The molecule has 1 aromatic rings. The fourth-order valence-corrected chi connectivity index (χ4v) is 1.29. The van der Waals surface area contributed by atoms with Crippen LogP contribution in [0.3, 0.4) is 0 Å². The smallest absolute Gasteiger partial charge is 0.341 e. The summed E-state index contributed by atoms with van der Waals surface area (Å²) in [7, 11) is 0. The zero-order valence-corrected chi connectivity index (χ0v) is 10.2. The van der Waals surface area contributed by atoms with E-state index >= 15 is 0 Å². The van der Waals surface area contributed by atoms with E-state index in [-0.39, 0.29) is 12.3 Å². The van der Waals surface area contributed by atoms with Crippen LogP contribution in [0.25, 0.3) is 0 Å². The van der Waals surface area contributed by atoms with E-state index in [1.165, 1.54) is 0 Å². The van der Waals surface area contributed by atoms with Crippen LogP contribution in [0.4, 0.5) is 14.5 Å². The number of esters is 1. The minimum Gasteiger partial charge on any atom is -0.457 e. The first kappa shape index (κ1) is 14.4. The van der Waals surface area contributed by atoms with E-state index < -0.39 is 29.3 Å². The summed E-state index contributed by atoms with van der Waals surface area (Å²) in [6, 6.07) is 1.47. The number of halogens is 2. The first-order valence-electron chi connectivity index (χ1n) is 5.49. The monoisotopic (exact) mass is 259 g/mol. The summed E-state index contributed by atoms with van der Waals surface area (Å²) in [5.74, 6) is -2.81. The molecule has 0 radical (unpaired) electrons. The zero-order chi connectivity index (χ0) is 13.7. The molecule has 0 saturated heterocycles. The lowest BCUT2D eigenvalue weighted by molar-refractivity contribution is 0.00401. The average Bonchev–Trinajstić information content (AvgIpc) is 2.31. The number of carbonyl (C=O) groups is 1. The molecular formula is C12H15F2NO3. The third-order valence-electron chi connectivity index (χ3n) is 2.17. The molecule has 0 amide bonds. The van der Waals surface area contributed by atoms with E-state index in [4.69, 9.17) is 15.2 Å². The Bertz CT molecular complexity index is 438. The summed E-state index contributed by atoms with van der Waals surface area (Å²) in [4.78, 5) is 11.6. The van der Waals surface area contributed by atoms with Crippen molar-refractivity contribution < 1.29 is 23.0 Å². The minimum absolute atomic E-state index is 0.209. The molecule has 18 heavy (non-hydrogen) atoms.